The molecule has 0 radical (unpaired) electrons. The standard InChI is InChI=1S/C29H29N4O2S.ClH/c1-19-11-13-22(14-12-19)27-24-17-26(35-4)25(34-3)16-23(24)15-20(2)33(27)28-30-29(36-5)32(31-28)18-21-9-7-6-8-10-21;/h6-17H,18H2,1-5H3;1H/q+1;/p-1. The van der Waals surface area contributed by atoms with E-state index in [1.807, 2.05) is 41.3 Å². The van der Waals surface area contributed by atoms with E-state index in [4.69, 9.17) is 19.6 Å². The van der Waals surface area contributed by atoms with E-state index in [1.165, 1.54) is 11.1 Å². The molecule has 0 bridgehead atoms. The van der Waals surface area contributed by atoms with Crippen molar-refractivity contribution in [3.63, 3.8) is 0 Å². The molecule has 0 saturated heterocycles. The second-order valence-corrected chi connectivity index (χ2v) is 9.45. The van der Waals surface area contributed by atoms with Crippen LogP contribution in [0.1, 0.15) is 16.8 Å². The normalized spacial score (nSPS) is 10.8. The third-order valence-electron chi connectivity index (χ3n) is 6.26. The molecule has 0 saturated carbocycles. The highest BCUT2D eigenvalue weighted by atomic mass is 35.5. The van der Waals surface area contributed by atoms with Crippen molar-refractivity contribution in [3.05, 3.63) is 89.6 Å². The summed E-state index contributed by atoms with van der Waals surface area (Å²) in [5.74, 6) is 2.02. The first-order valence-electron chi connectivity index (χ1n) is 11.7. The molecule has 2 aromatic heterocycles. The van der Waals surface area contributed by atoms with Crippen molar-refractivity contribution in [2.45, 2.75) is 25.5 Å². The van der Waals surface area contributed by atoms with Crippen molar-refractivity contribution >= 4 is 22.5 Å². The van der Waals surface area contributed by atoms with E-state index in [0.717, 1.165) is 32.9 Å². The van der Waals surface area contributed by atoms with Gasteiger partial charge in [0.05, 0.1) is 26.5 Å². The molecule has 0 fully saturated rings. The molecule has 0 aliphatic rings. The number of hydrogen-bond acceptors (Lipinski definition) is 5. The van der Waals surface area contributed by atoms with Gasteiger partial charge in [0.1, 0.15) is 5.69 Å². The van der Waals surface area contributed by atoms with Crippen LogP contribution < -0.4 is 26.4 Å². The van der Waals surface area contributed by atoms with Crippen LogP contribution in [0.2, 0.25) is 0 Å². The van der Waals surface area contributed by atoms with Crippen molar-refractivity contribution in [2.24, 2.45) is 0 Å². The van der Waals surface area contributed by atoms with Gasteiger partial charge in [-0.1, -0.05) is 71.9 Å². The summed E-state index contributed by atoms with van der Waals surface area (Å²) in [6, 6.07) is 25.1. The SMILES string of the molecule is COc1cc2cc(C)[n+](-c3nc(SC)n(Cc4ccccc4)n3)c(-c3ccc(C)cc3)c2cc1OC.[Cl-]. The third kappa shape index (κ3) is 5.15. The number of rotatable bonds is 7. The summed E-state index contributed by atoms with van der Waals surface area (Å²) in [6.07, 6.45) is 2.03. The van der Waals surface area contributed by atoms with Crippen LogP contribution in [-0.4, -0.2) is 35.2 Å². The zero-order chi connectivity index (χ0) is 25.2. The highest BCUT2D eigenvalue weighted by Gasteiger charge is 2.27. The Morgan fingerprint density at radius 2 is 1.57 bits per heavy atom. The molecular weight excluding hydrogens is 504 g/mol. The lowest BCUT2D eigenvalue weighted by molar-refractivity contribution is -0.597. The molecule has 0 aliphatic heterocycles. The molecule has 5 aromatic rings. The summed E-state index contributed by atoms with van der Waals surface area (Å²) in [4.78, 5) is 4.96. The van der Waals surface area contributed by atoms with Crippen LogP contribution in [-0.2, 0) is 6.54 Å². The molecule has 37 heavy (non-hydrogen) atoms. The van der Waals surface area contributed by atoms with Crippen LogP contribution in [0.5, 0.6) is 11.5 Å². The topological polar surface area (TPSA) is 53.0 Å². The van der Waals surface area contributed by atoms with Crippen molar-refractivity contribution in [3.8, 4) is 28.7 Å². The summed E-state index contributed by atoms with van der Waals surface area (Å²) in [5.41, 5.74) is 5.49. The van der Waals surface area contributed by atoms with Gasteiger partial charge in [0.2, 0.25) is 0 Å². The van der Waals surface area contributed by atoms with Gasteiger partial charge in [-0.3, -0.25) is 0 Å². The highest BCUT2D eigenvalue weighted by molar-refractivity contribution is 7.98. The van der Waals surface area contributed by atoms with Crippen LogP contribution in [0.25, 0.3) is 28.0 Å². The Hall–Kier alpha value is -3.55. The number of thioether (sulfide) groups is 1. The van der Waals surface area contributed by atoms with Gasteiger partial charge in [-0.15, -0.1) is 0 Å². The molecule has 8 heteroatoms. The largest absolute Gasteiger partial charge is 1.00 e. The average Bonchev–Trinajstić information content (AvgIpc) is 3.30. The Labute approximate surface area is 227 Å². The van der Waals surface area contributed by atoms with Gasteiger partial charge in [0.15, 0.2) is 11.5 Å². The van der Waals surface area contributed by atoms with Crippen LogP contribution in [0.4, 0.5) is 0 Å². The van der Waals surface area contributed by atoms with Gasteiger partial charge in [0.25, 0.3) is 5.16 Å². The van der Waals surface area contributed by atoms with Gasteiger partial charge < -0.3 is 21.9 Å². The summed E-state index contributed by atoms with van der Waals surface area (Å²) in [7, 11) is 3.32. The number of benzene rings is 3. The van der Waals surface area contributed by atoms with E-state index in [2.05, 4.69) is 60.9 Å². The first-order valence-corrected chi connectivity index (χ1v) is 13.0. The van der Waals surface area contributed by atoms with Crippen LogP contribution in [0.15, 0.2) is 78.0 Å². The Bertz CT molecular complexity index is 1540. The summed E-state index contributed by atoms with van der Waals surface area (Å²) in [5, 5.41) is 7.95. The van der Waals surface area contributed by atoms with E-state index >= 15 is 0 Å². The lowest BCUT2D eigenvalue weighted by Crippen LogP contribution is -3.00. The average molecular weight is 533 g/mol. The number of hydrogen-bond donors (Lipinski definition) is 0. The maximum atomic E-state index is 5.66. The predicted molar refractivity (Wildman–Crippen MR) is 144 cm³/mol. The lowest BCUT2D eigenvalue weighted by atomic mass is 10.0. The van der Waals surface area contributed by atoms with E-state index < -0.39 is 0 Å². The quantitative estimate of drug-likeness (QED) is 0.238. The van der Waals surface area contributed by atoms with Crippen molar-refractivity contribution in [2.75, 3.05) is 20.5 Å². The highest BCUT2D eigenvalue weighted by Crippen LogP contribution is 2.36. The fraction of sp³-hybridized carbons (Fsp3) is 0.207. The van der Waals surface area contributed by atoms with Crippen molar-refractivity contribution in [1.82, 2.24) is 14.8 Å². The van der Waals surface area contributed by atoms with Gasteiger partial charge in [-0.25, -0.2) is 0 Å². The van der Waals surface area contributed by atoms with Gasteiger partial charge in [-0.05, 0) is 54.2 Å². The number of aromatic nitrogens is 4. The number of aryl methyl sites for hydroxylation is 2. The number of ether oxygens (including phenoxy) is 2. The van der Waals surface area contributed by atoms with Crippen molar-refractivity contribution < 1.29 is 26.4 Å². The minimum atomic E-state index is 0. The minimum absolute atomic E-state index is 0. The first kappa shape index (κ1) is 26.5. The molecular formula is C29H29ClN4O2S. The van der Waals surface area contributed by atoms with Crippen molar-refractivity contribution in [1.29, 1.82) is 0 Å². The maximum Gasteiger partial charge on any atom is 0.461 e. The molecule has 0 unspecified atom stereocenters. The lowest BCUT2D eigenvalue weighted by Gasteiger charge is -2.15. The molecule has 0 spiro atoms. The van der Waals surface area contributed by atoms with E-state index in [9.17, 15) is 0 Å². The number of fused-ring (bicyclic) bond motifs is 1. The fourth-order valence-corrected chi connectivity index (χ4v) is 4.97. The van der Waals surface area contributed by atoms with Crippen LogP contribution in [0, 0.1) is 13.8 Å². The molecule has 0 N–H and O–H groups in total. The molecule has 0 aliphatic carbocycles. The first-order chi connectivity index (χ1) is 17.5. The monoisotopic (exact) mass is 532 g/mol. The molecule has 2 heterocycles. The molecule has 6 nitrogen and oxygen atoms in total. The smallest absolute Gasteiger partial charge is 0.461 e. The molecule has 5 rings (SSSR count). The Kier molecular flexibility index (Phi) is 8.05. The Balaban J connectivity index is 0.00000320. The Morgan fingerprint density at radius 3 is 2.22 bits per heavy atom. The van der Waals surface area contributed by atoms with Gasteiger partial charge >= 0.3 is 5.95 Å². The number of halogens is 1. The predicted octanol–water partition coefficient (Wildman–Crippen LogP) is 2.78. The molecule has 190 valence electrons. The minimum Gasteiger partial charge on any atom is -1.00 e. The summed E-state index contributed by atoms with van der Waals surface area (Å²) >= 11 is 1.59. The van der Waals surface area contributed by atoms with E-state index in [-0.39, 0.29) is 12.4 Å². The van der Waals surface area contributed by atoms with Crippen LogP contribution >= 0.6 is 11.8 Å². The van der Waals surface area contributed by atoms with Gasteiger partial charge in [0, 0.05) is 16.0 Å². The number of pyridine rings is 1. The fourth-order valence-electron chi connectivity index (χ4n) is 4.48. The molecule has 0 atom stereocenters. The second-order valence-electron chi connectivity index (χ2n) is 8.67. The second kappa shape index (κ2) is 11.2. The Morgan fingerprint density at radius 1 is 0.892 bits per heavy atom. The molecule has 3 aromatic carbocycles. The van der Waals surface area contributed by atoms with E-state index in [0.29, 0.717) is 24.0 Å². The zero-order valence-electron chi connectivity index (χ0n) is 21.5. The summed E-state index contributed by atoms with van der Waals surface area (Å²) < 4.78 is 15.4. The number of nitrogens with zero attached hydrogens (tertiary/aromatic N) is 4. The maximum absolute atomic E-state index is 5.66. The van der Waals surface area contributed by atoms with E-state index in [1.54, 1.807) is 26.0 Å². The number of methoxy groups -OCH3 is 2. The molecule has 0 amide bonds. The van der Waals surface area contributed by atoms with Gasteiger partial charge in [-0.2, -0.15) is 9.25 Å². The zero-order valence-corrected chi connectivity index (χ0v) is 23.1. The summed E-state index contributed by atoms with van der Waals surface area (Å²) in [6.45, 7) is 4.84. The van der Waals surface area contributed by atoms with Crippen LogP contribution in [0.3, 0.4) is 0 Å². The third-order valence-corrected chi connectivity index (χ3v) is 6.93.